The van der Waals surface area contributed by atoms with E-state index in [0.29, 0.717) is 6.04 Å². The number of hydrogen-bond donors (Lipinski definition) is 1. The summed E-state index contributed by atoms with van der Waals surface area (Å²) in [5, 5.41) is 14.0. The molecule has 0 amide bonds. The van der Waals surface area contributed by atoms with Crippen LogP contribution in [0.5, 0.6) is 0 Å². The van der Waals surface area contributed by atoms with Crippen molar-refractivity contribution in [2.24, 2.45) is 0 Å². The van der Waals surface area contributed by atoms with Crippen molar-refractivity contribution in [1.29, 1.82) is 0 Å². The number of non-ortho nitro benzene ring substituents is 1. The number of nitrogens with zero attached hydrogens (tertiary/aromatic N) is 1. The van der Waals surface area contributed by atoms with Crippen LogP contribution in [0.25, 0.3) is 0 Å². The minimum atomic E-state index is -0.340. The molecule has 0 bridgehead atoms. The highest BCUT2D eigenvalue weighted by molar-refractivity contribution is 5.38. The maximum absolute atomic E-state index is 10.6. The maximum atomic E-state index is 10.6. The van der Waals surface area contributed by atoms with Crippen LogP contribution in [-0.2, 0) is 6.54 Å². The highest BCUT2D eigenvalue weighted by Gasteiger charge is 2.20. The fraction of sp³-hybridized carbons (Fsp3) is 0.455. The minimum absolute atomic E-state index is 0.183. The van der Waals surface area contributed by atoms with Gasteiger partial charge in [-0.1, -0.05) is 6.07 Å². The molecule has 15 heavy (non-hydrogen) atoms. The zero-order chi connectivity index (χ0) is 10.8. The third-order valence-electron chi connectivity index (χ3n) is 2.50. The summed E-state index contributed by atoms with van der Waals surface area (Å²) in [7, 11) is 0. The zero-order valence-corrected chi connectivity index (χ0v) is 8.69. The van der Waals surface area contributed by atoms with Crippen LogP contribution >= 0.6 is 0 Å². The molecular formula is C11H14N2O2. The van der Waals surface area contributed by atoms with Crippen molar-refractivity contribution in [3.8, 4) is 0 Å². The molecule has 4 heteroatoms. The van der Waals surface area contributed by atoms with Crippen LogP contribution in [0.2, 0.25) is 0 Å². The molecule has 4 nitrogen and oxygen atoms in total. The number of rotatable bonds is 4. The average molecular weight is 206 g/mol. The van der Waals surface area contributed by atoms with E-state index in [-0.39, 0.29) is 10.6 Å². The summed E-state index contributed by atoms with van der Waals surface area (Å²) in [5.74, 6) is 0. The van der Waals surface area contributed by atoms with E-state index in [2.05, 4.69) is 5.32 Å². The molecule has 0 radical (unpaired) electrons. The Hall–Kier alpha value is -1.42. The summed E-state index contributed by atoms with van der Waals surface area (Å²) in [5.41, 5.74) is 2.12. The van der Waals surface area contributed by atoms with E-state index < -0.39 is 0 Å². The van der Waals surface area contributed by atoms with Gasteiger partial charge >= 0.3 is 0 Å². The van der Waals surface area contributed by atoms with Gasteiger partial charge in [0.1, 0.15) is 0 Å². The molecule has 0 heterocycles. The molecule has 0 spiro atoms. The van der Waals surface area contributed by atoms with Crippen molar-refractivity contribution in [1.82, 2.24) is 5.32 Å². The third-order valence-corrected chi connectivity index (χ3v) is 2.50. The number of benzene rings is 1. The summed E-state index contributed by atoms with van der Waals surface area (Å²) >= 11 is 0. The highest BCUT2D eigenvalue weighted by atomic mass is 16.6. The van der Waals surface area contributed by atoms with E-state index in [9.17, 15) is 10.1 Å². The van der Waals surface area contributed by atoms with E-state index in [1.54, 1.807) is 12.1 Å². The second-order valence-corrected chi connectivity index (χ2v) is 4.09. The molecule has 2 rings (SSSR count). The van der Waals surface area contributed by atoms with Crippen molar-refractivity contribution in [2.75, 3.05) is 0 Å². The van der Waals surface area contributed by atoms with Crippen LogP contribution in [0.3, 0.4) is 0 Å². The van der Waals surface area contributed by atoms with Crippen LogP contribution in [0.4, 0.5) is 5.69 Å². The average Bonchev–Trinajstić information content (AvgIpc) is 2.97. The fourth-order valence-electron chi connectivity index (χ4n) is 1.60. The molecule has 80 valence electrons. The summed E-state index contributed by atoms with van der Waals surface area (Å²) in [6, 6.07) is 5.86. The van der Waals surface area contributed by atoms with Crippen molar-refractivity contribution in [3.63, 3.8) is 0 Å². The van der Waals surface area contributed by atoms with E-state index in [0.717, 1.165) is 17.7 Å². The maximum Gasteiger partial charge on any atom is 0.270 e. The van der Waals surface area contributed by atoms with Gasteiger partial charge in [0.15, 0.2) is 0 Å². The predicted molar refractivity (Wildman–Crippen MR) is 57.7 cm³/mol. The zero-order valence-electron chi connectivity index (χ0n) is 8.69. The molecule has 0 atom stereocenters. The van der Waals surface area contributed by atoms with Crippen molar-refractivity contribution in [2.45, 2.75) is 32.4 Å². The first-order valence-electron chi connectivity index (χ1n) is 5.13. The Morgan fingerprint density at radius 2 is 2.20 bits per heavy atom. The Balaban J connectivity index is 2.10. The largest absolute Gasteiger partial charge is 0.310 e. The van der Waals surface area contributed by atoms with Crippen LogP contribution in [-0.4, -0.2) is 11.0 Å². The Kier molecular flexibility index (Phi) is 2.68. The molecule has 0 unspecified atom stereocenters. The lowest BCUT2D eigenvalue weighted by molar-refractivity contribution is -0.385. The van der Waals surface area contributed by atoms with Crippen molar-refractivity contribution in [3.05, 3.63) is 39.4 Å². The fourth-order valence-corrected chi connectivity index (χ4v) is 1.60. The van der Waals surface area contributed by atoms with Gasteiger partial charge in [-0.3, -0.25) is 10.1 Å². The number of nitro groups is 1. The highest BCUT2D eigenvalue weighted by Crippen LogP contribution is 2.21. The second kappa shape index (κ2) is 3.98. The van der Waals surface area contributed by atoms with Crippen molar-refractivity contribution >= 4 is 5.69 Å². The summed E-state index contributed by atoms with van der Waals surface area (Å²) in [6.45, 7) is 2.61. The van der Waals surface area contributed by atoms with Crippen LogP contribution in [0.15, 0.2) is 18.2 Å². The van der Waals surface area contributed by atoms with Gasteiger partial charge in [-0.25, -0.2) is 0 Å². The summed E-state index contributed by atoms with van der Waals surface area (Å²) in [4.78, 5) is 10.3. The summed E-state index contributed by atoms with van der Waals surface area (Å²) in [6.07, 6.45) is 2.46. The van der Waals surface area contributed by atoms with E-state index in [1.165, 1.54) is 12.8 Å². The SMILES string of the molecule is Cc1cc(CNC2CC2)cc([N+](=O)[O-])c1. The smallest absolute Gasteiger partial charge is 0.270 e. The van der Waals surface area contributed by atoms with Gasteiger partial charge in [-0.15, -0.1) is 0 Å². The number of nitrogens with one attached hydrogen (secondary N) is 1. The van der Waals surface area contributed by atoms with Gasteiger partial charge < -0.3 is 5.32 Å². The molecule has 1 aliphatic rings. The third kappa shape index (κ3) is 2.76. The Labute approximate surface area is 88.5 Å². The quantitative estimate of drug-likeness (QED) is 0.606. The van der Waals surface area contributed by atoms with Gasteiger partial charge in [-0.05, 0) is 30.9 Å². The minimum Gasteiger partial charge on any atom is -0.310 e. The first-order valence-corrected chi connectivity index (χ1v) is 5.13. The molecule has 1 saturated carbocycles. The summed E-state index contributed by atoms with van der Waals surface area (Å²) < 4.78 is 0. The van der Waals surface area contributed by atoms with E-state index in [4.69, 9.17) is 0 Å². The monoisotopic (exact) mass is 206 g/mol. The molecule has 1 aromatic carbocycles. The first-order chi connectivity index (χ1) is 7.15. The molecule has 1 aromatic rings. The number of hydrogen-bond acceptors (Lipinski definition) is 3. The van der Waals surface area contributed by atoms with Gasteiger partial charge in [0.05, 0.1) is 4.92 Å². The lowest BCUT2D eigenvalue weighted by Crippen LogP contribution is -2.15. The topological polar surface area (TPSA) is 55.2 Å². The van der Waals surface area contributed by atoms with Gasteiger partial charge in [0.2, 0.25) is 0 Å². The van der Waals surface area contributed by atoms with Crippen LogP contribution in [0.1, 0.15) is 24.0 Å². The van der Waals surface area contributed by atoms with Crippen LogP contribution < -0.4 is 5.32 Å². The first kappa shape index (κ1) is 10.1. The van der Waals surface area contributed by atoms with Crippen molar-refractivity contribution < 1.29 is 4.92 Å². The lowest BCUT2D eigenvalue weighted by atomic mass is 10.1. The standard InChI is InChI=1S/C11H14N2O2/c1-8-4-9(7-12-10-2-3-10)6-11(5-8)13(14)15/h4-6,10,12H,2-3,7H2,1H3. The van der Waals surface area contributed by atoms with E-state index in [1.807, 2.05) is 13.0 Å². The Morgan fingerprint density at radius 1 is 1.47 bits per heavy atom. The van der Waals surface area contributed by atoms with Gasteiger partial charge in [0, 0.05) is 24.7 Å². The molecular weight excluding hydrogens is 192 g/mol. The molecule has 1 N–H and O–H groups in total. The van der Waals surface area contributed by atoms with E-state index >= 15 is 0 Å². The van der Waals surface area contributed by atoms with Gasteiger partial charge in [0.25, 0.3) is 5.69 Å². The molecule has 1 fully saturated rings. The lowest BCUT2D eigenvalue weighted by Gasteiger charge is -2.04. The molecule has 0 aliphatic heterocycles. The molecule has 0 saturated heterocycles. The number of nitro benzene ring substituents is 1. The van der Waals surface area contributed by atoms with Gasteiger partial charge in [-0.2, -0.15) is 0 Å². The normalized spacial score (nSPS) is 15.3. The van der Waals surface area contributed by atoms with Crippen LogP contribution in [0, 0.1) is 17.0 Å². The Morgan fingerprint density at radius 3 is 2.80 bits per heavy atom. The number of aryl methyl sites for hydroxylation is 1. The second-order valence-electron chi connectivity index (χ2n) is 4.09. The predicted octanol–water partition coefficient (Wildman–Crippen LogP) is 2.16. The Bertz CT molecular complexity index is 386. The molecule has 1 aliphatic carbocycles. The molecule has 0 aromatic heterocycles.